The van der Waals surface area contributed by atoms with E-state index >= 15 is 0 Å². The van der Waals surface area contributed by atoms with Gasteiger partial charge in [0.2, 0.25) is 0 Å². The molecule has 1 atom stereocenters. The van der Waals surface area contributed by atoms with Crippen LogP contribution in [-0.2, 0) is 13.0 Å². The van der Waals surface area contributed by atoms with E-state index in [-0.39, 0.29) is 6.04 Å². The van der Waals surface area contributed by atoms with Crippen molar-refractivity contribution >= 4 is 15.9 Å². The Morgan fingerprint density at radius 1 is 1.43 bits per heavy atom. The summed E-state index contributed by atoms with van der Waals surface area (Å²) in [5.74, 6) is 0.938. The number of rotatable bonds is 8. The summed E-state index contributed by atoms with van der Waals surface area (Å²) in [6.07, 6.45) is 8.33. The number of halogens is 1. The van der Waals surface area contributed by atoms with E-state index in [9.17, 15) is 0 Å². The summed E-state index contributed by atoms with van der Waals surface area (Å²) < 4.78 is 9.04. The molecule has 2 N–H and O–H groups in total. The Bertz CT molecular complexity index is 542. The van der Waals surface area contributed by atoms with Gasteiger partial charge >= 0.3 is 0 Å². The first-order chi connectivity index (χ1) is 10.2. The molecule has 0 spiro atoms. The van der Waals surface area contributed by atoms with Crippen molar-refractivity contribution < 1.29 is 4.74 Å². The Labute approximate surface area is 134 Å². The molecule has 0 amide bonds. The number of nitrogens with two attached hydrogens (primary N) is 1. The predicted octanol–water partition coefficient (Wildman–Crippen LogP) is 3.39. The first-order valence-corrected chi connectivity index (χ1v) is 8.11. The molecule has 1 aromatic carbocycles. The van der Waals surface area contributed by atoms with Crippen molar-refractivity contribution in [3.63, 3.8) is 0 Å². The van der Waals surface area contributed by atoms with Gasteiger partial charge in [0, 0.05) is 29.5 Å². The summed E-state index contributed by atoms with van der Waals surface area (Å²) in [4.78, 5) is 4.03. The van der Waals surface area contributed by atoms with Gasteiger partial charge in [-0.25, -0.2) is 4.98 Å². The molecule has 1 aromatic heterocycles. The maximum absolute atomic E-state index is 6.06. The molecule has 2 rings (SSSR count). The summed E-state index contributed by atoms with van der Waals surface area (Å²) in [6.45, 7) is 3.71. The van der Waals surface area contributed by atoms with Crippen LogP contribution in [0, 0.1) is 0 Å². The number of ether oxygens (including phenoxy) is 1. The minimum Gasteiger partial charge on any atom is -0.493 e. The lowest BCUT2D eigenvalue weighted by molar-refractivity contribution is 0.298. The number of hydrogen-bond donors (Lipinski definition) is 1. The Morgan fingerprint density at radius 2 is 2.29 bits per heavy atom. The molecule has 0 radical (unpaired) electrons. The van der Waals surface area contributed by atoms with Crippen molar-refractivity contribution in [1.29, 1.82) is 0 Å². The molecule has 0 saturated heterocycles. The molecule has 114 valence electrons. The maximum atomic E-state index is 6.06. The minimum atomic E-state index is 0.174. The summed E-state index contributed by atoms with van der Waals surface area (Å²) in [5, 5.41) is 0. The highest BCUT2D eigenvalue weighted by Gasteiger charge is 2.09. The highest BCUT2D eigenvalue weighted by atomic mass is 79.9. The third-order valence-corrected chi connectivity index (χ3v) is 3.90. The Morgan fingerprint density at radius 3 is 3.00 bits per heavy atom. The van der Waals surface area contributed by atoms with Crippen LogP contribution in [-0.4, -0.2) is 22.2 Å². The molecule has 21 heavy (non-hydrogen) atoms. The first kappa shape index (κ1) is 16.0. The van der Waals surface area contributed by atoms with Gasteiger partial charge in [-0.1, -0.05) is 22.9 Å². The number of imidazole rings is 1. The number of aryl methyl sites for hydroxylation is 1. The number of hydrogen-bond acceptors (Lipinski definition) is 3. The van der Waals surface area contributed by atoms with Crippen LogP contribution >= 0.6 is 15.9 Å². The summed E-state index contributed by atoms with van der Waals surface area (Å²) in [6, 6.07) is 6.29. The summed E-state index contributed by atoms with van der Waals surface area (Å²) in [7, 11) is 0. The van der Waals surface area contributed by atoms with Crippen LogP contribution in [0.2, 0.25) is 0 Å². The van der Waals surface area contributed by atoms with Gasteiger partial charge in [0.25, 0.3) is 0 Å². The van der Waals surface area contributed by atoms with Gasteiger partial charge < -0.3 is 15.0 Å². The van der Waals surface area contributed by atoms with Gasteiger partial charge in [0.05, 0.1) is 12.9 Å². The van der Waals surface area contributed by atoms with Gasteiger partial charge in [0.15, 0.2) is 0 Å². The third kappa shape index (κ3) is 5.17. The monoisotopic (exact) mass is 351 g/mol. The molecule has 1 heterocycles. The SMILES string of the molecule is CCC(N)Cc1cc(Br)ccc1OCCCn1ccnc1. The number of nitrogens with zero attached hydrogens (tertiary/aromatic N) is 2. The zero-order valence-electron chi connectivity index (χ0n) is 12.3. The van der Waals surface area contributed by atoms with Crippen molar-refractivity contribution in [3.05, 3.63) is 47.0 Å². The second-order valence-electron chi connectivity index (χ2n) is 5.13. The molecule has 0 fully saturated rings. The fourth-order valence-electron chi connectivity index (χ4n) is 2.12. The van der Waals surface area contributed by atoms with E-state index in [4.69, 9.17) is 10.5 Å². The largest absolute Gasteiger partial charge is 0.493 e. The normalized spacial score (nSPS) is 12.3. The minimum absolute atomic E-state index is 0.174. The quantitative estimate of drug-likeness (QED) is 0.741. The smallest absolute Gasteiger partial charge is 0.122 e. The second kappa shape index (κ2) is 8.20. The molecular weight excluding hydrogens is 330 g/mol. The predicted molar refractivity (Wildman–Crippen MR) is 88.5 cm³/mol. The highest BCUT2D eigenvalue weighted by Crippen LogP contribution is 2.25. The van der Waals surface area contributed by atoms with E-state index in [2.05, 4.69) is 38.5 Å². The van der Waals surface area contributed by atoms with E-state index < -0.39 is 0 Å². The standard InChI is InChI=1S/C16H22BrN3O/c1-2-15(18)11-13-10-14(17)4-5-16(13)21-9-3-7-20-8-6-19-12-20/h4-6,8,10,12,15H,2-3,7,9,11,18H2,1H3. The van der Waals surface area contributed by atoms with Crippen molar-refractivity contribution in [1.82, 2.24) is 9.55 Å². The Hall–Kier alpha value is -1.33. The second-order valence-corrected chi connectivity index (χ2v) is 6.04. The Kier molecular flexibility index (Phi) is 6.26. The van der Waals surface area contributed by atoms with Crippen molar-refractivity contribution in [2.24, 2.45) is 5.73 Å². The van der Waals surface area contributed by atoms with E-state index in [1.807, 2.05) is 24.7 Å². The van der Waals surface area contributed by atoms with E-state index in [0.717, 1.165) is 36.0 Å². The van der Waals surface area contributed by atoms with Gasteiger partial charge in [-0.2, -0.15) is 0 Å². The van der Waals surface area contributed by atoms with Crippen LogP contribution in [0.3, 0.4) is 0 Å². The van der Waals surface area contributed by atoms with Crippen molar-refractivity contribution in [3.8, 4) is 5.75 Å². The molecular formula is C16H22BrN3O. The molecule has 0 aliphatic carbocycles. The lowest BCUT2D eigenvalue weighted by Crippen LogP contribution is -2.21. The molecule has 5 heteroatoms. The van der Waals surface area contributed by atoms with Crippen LogP contribution in [0.5, 0.6) is 5.75 Å². The fourth-order valence-corrected chi connectivity index (χ4v) is 2.53. The molecule has 0 aliphatic rings. The first-order valence-electron chi connectivity index (χ1n) is 7.31. The molecule has 4 nitrogen and oxygen atoms in total. The van der Waals surface area contributed by atoms with E-state index in [0.29, 0.717) is 6.61 Å². The van der Waals surface area contributed by atoms with E-state index in [1.54, 1.807) is 6.20 Å². The average molecular weight is 352 g/mol. The lowest BCUT2D eigenvalue weighted by Gasteiger charge is -2.15. The number of aromatic nitrogens is 2. The zero-order chi connectivity index (χ0) is 15.1. The van der Waals surface area contributed by atoms with Gasteiger partial charge in [-0.3, -0.25) is 0 Å². The fraction of sp³-hybridized carbons (Fsp3) is 0.438. The maximum Gasteiger partial charge on any atom is 0.122 e. The molecule has 0 bridgehead atoms. The molecule has 0 aliphatic heterocycles. The average Bonchev–Trinajstić information content (AvgIpc) is 2.98. The number of benzene rings is 1. The molecule has 1 unspecified atom stereocenters. The Balaban J connectivity index is 1.89. The van der Waals surface area contributed by atoms with Crippen LogP contribution in [0.25, 0.3) is 0 Å². The van der Waals surface area contributed by atoms with Gasteiger partial charge in [0.1, 0.15) is 5.75 Å². The highest BCUT2D eigenvalue weighted by molar-refractivity contribution is 9.10. The van der Waals surface area contributed by atoms with Crippen LogP contribution in [0.1, 0.15) is 25.3 Å². The van der Waals surface area contributed by atoms with Gasteiger partial charge in [-0.05, 0) is 43.0 Å². The van der Waals surface area contributed by atoms with Crippen LogP contribution in [0.4, 0.5) is 0 Å². The topological polar surface area (TPSA) is 53.1 Å². The van der Waals surface area contributed by atoms with Gasteiger partial charge in [-0.15, -0.1) is 0 Å². The van der Waals surface area contributed by atoms with Crippen molar-refractivity contribution in [2.75, 3.05) is 6.61 Å². The van der Waals surface area contributed by atoms with Crippen molar-refractivity contribution in [2.45, 2.75) is 38.8 Å². The summed E-state index contributed by atoms with van der Waals surface area (Å²) >= 11 is 3.51. The third-order valence-electron chi connectivity index (χ3n) is 3.41. The zero-order valence-corrected chi connectivity index (χ0v) is 13.9. The summed E-state index contributed by atoms with van der Waals surface area (Å²) in [5.41, 5.74) is 7.23. The lowest BCUT2D eigenvalue weighted by atomic mass is 10.0. The van der Waals surface area contributed by atoms with Crippen LogP contribution in [0.15, 0.2) is 41.4 Å². The van der Waals surface area contributed by atoms with Crippen LogP contribution < -0.4 is 10.5 Å². The van der Waals surface area contributed by atoms with E-state index in [1.165, 1.54) is 5.56 Å². The molecule has 2 aromatic rings. The molecule has 0 saturated carbocycles.